The van der Waals surface area contributed by atoms with Crippen LogP contribution in [-0.2, 0) is 19.4 Å². The van der Waals surface area contributed by atoms with Gasteiger partial charge in [0.15, 0.2) is 23.0 Å². The molecule has 1 aromatic heterocycles. The average molecular weight is 448 g/mol. The summed E-state index contributed by atoms with van der Waals surface area (Å²) in [7, 11) is 1.61. The molecule has 3 aliphatic heterocycles. The highest BCUT2D eigenvalue weighted by molar-refractivity contribution is 5.56. The summed E-state index contributed by atoms with van der Waals surface area (Å²) in [5.74, 6) is 3.19. The lowest BCUT2D eigenvalue weighted by atomic mass is 9.83. The molecular weight excluding hydrogens is 426 g/mol. The zero-order valence-corrected chi connectivity index (χ0v) is 18.0. The molecule has 1 N–H and O–H groups in total. The van der Waals surface area contributed by atoms with Crippen molar-refractivity contribution in [3.05, 3.63) is 70.1 Å². The molecule has 1 unspecified atom stereocenters. The molecule has 9 heteroatoms. The lowest BCUT2D eigenvalue weighted by Crippen LogP contribution is -2.39. The minimum Gasteiger partial charge on any atom is -0.733 e. The third-order valence-corrected chi connectivity index (χ3v) is 6.57. The summed E-state index contributed by atoms with van der Waals surface area (Å²) in [4.78, 5) is 6.60. The van der Waals surface area contributed by atoms with E-state index in [0.29, 0.717) is 23.9 Å². The van der Waals surface area contributed by atoms with Gasteiger partial charge in [0.2, 0.25) is 12.7 Å². The topological polar surface area (TPSA) is 99.6 Å². The molecule has 0 saturated carbocycles. The molecule has 9 nitrogen and oxygen atoms in total. The van der Waals surface area contributed by atoms with Crippen LogP contribution in [0.25, 0.3) is 0 Å². The molecule has 0 fully saturated rings. The van der Waals surface area contributed by atoms with E-state index in [4.69, 9.17) is 24.2 Å². The molecule has 0 saturated heterocycles. The average Bonchev–Trinajstić information content (AvgIpc) is 3.29. The number of ether oxygens (including phenoxy) is 4. The minimum atomic E-state index is -0.234. The Morgan fingerprint density at radius 3 is 2.76 bits per heavy atom. The van der Waals surface area contributed by atoms with Gasteiger partial charge in [-0.2, -0.15) is 0 Å². The van der Waals surface area contributed by atoms with Crippen LogP contribution < -0.4 is 24.2 Å². The number of benzene rings is 2. The monoisotopic (exact) mass is 448 g/mol. The first kappa shape index (κ1) is 20.1. The fourth-order valence-electron chi connectivity index (χ4n) is 4.92. The van der Waals surface area contributed by atoms with Gasteiger partial charge in [-0.25, -0.2) is 4.98 Å². The Morgan fingerprint density at radius 1 is 1.15 bits per heavy atom. The molecule has 3 aliphatic rings. The highest BCUT2D eigenvalue weighted by Gasteiger charge is 2.35. The van der Waals surface area contributed by atoms with Gasteiger partial charge in [-0.15, -0.1) is 0 Å². The normalized spacial score (nSPS) is 18.2. The van der Waals surface area contributed by atoms with Crippen LogP contribution in [0.5, 0.6) is 28.9 Å². The SMILES string of the molecule is COc1ccc2c(c1Oc1ccc(N([O-])O)cn1)CN1CCc3cc4c(cc3C1C2)OCO4. The molecule has 6 rings (SSSR count). The summed E-state index contributed by atoms with van der Waals surface area (Å²) >= 11 is 0. The predicted molar refractivity (Wildman–Crippen MR) is 118 cm³/mol. The number of nitrogens with zero attached hydrogens (tertiary/aromatic N) is 3. The van der Waals surface area contributed by atoms with Gasteiger partial charge < -0.3 is 29.4 Å². The van der Waals surface area contributed by atoms with Crippen molar-refractivity contribution in [1.29, 1.82) is 0 Å². The molecule has 1 atom stereocenters. The lowest BCUT2D eigenvalue weighted by Gasteiger charge is -2.42. The summed E-state index contributed by atoms with van der Waals surface area (Å²) in [5, 5.41) is 19.8. The first-order chi connectivity index (χ1) is 16.1. The van der Waals surface area contributed by atoms with Crippen LogP contribution >= 0.6 is 0 Å². The van der Waals surface area contributed by atoms with E-state index in [1.165, 1.54) is 29.0 Å². The highest BCUT2D eigenvalue weighted by Crippen LogP contribution is 2.47. The molecule has 0 radical (unpaired) electrons. The first-order valence-corrected chi connectivity index (χ1v) is 10.8. The summed E-state index contributed by atoms with van der Waals surface area (Å²) in [6.45, 7) is 1.91. The van der Waals surface area contributed by atoms with Crippen molar-refractivity contribution in [2.75, 3.05) is 25.7 Å². The number of fused-ring (bicyclic) bond motifs is 5. The number of hydrogen-bond donors (Lipinski definition) is 1. The van der Waals surface area contributed by atoms with Gasteiger partial charge in [0.05, 0.1) is 19.0 Å². The number of methoxy groups -OCH3 is 1. The maximum absolute atomic E-state index is 11.0. The maximum Gasteiger partial charge on any atom is 0.231 e. The Balaban J connectivity index is 1.35. The van der Waals surface area contributed by atoms with Crippen LogP contribution in [-0.4, -0.2) is 35.5 Å². The Morgan fingerprint density at radius 2 is 2.00 bits per heavy atom. The Kier molecular flexibility index (Phi) is 4.75. The van der Waals surface area contributed by atoms with Crippen molar-refractivity contribution in [3.8, 4) is 28.9 Å². The van der Waals surface area contributed by atoms with Crippen molar-refractivity contribution in [3.63, 3.8) is 0 Å². The van der Waals surface area contributed by atoms with Crippen molar-refractivity contribution < 1.29 is 24.2 Å². The van der Waals surface area contributed by atoms with Crippen molar-refractivity contribution in [2.45, 2.75) is 25.4 Å². The van der Waals surface area contributed by atoms with E-state index >= 15 is 0 Å². The van der Waals surface area contributed by atoms with Gasteiger partial charge in [-0.1, -0.05) is 6.07 Å². The summed E-state index contributed by atoms with van der Waals surface area (Å²) < 4.78 is 22.9. The Bertz CT molecular complexity index is 1210. The summed E-state index contributed by atoms with van der Waals surface area (Å²) in [6, 6.07) is 11.5. The molecule has 2 aromatic carbocycles. The van der Waals surface area contributed by atoms with Crippen LogP contribution in [0.4, 0.5) is 5.69 Å². The third-order valence-electron chi connectivity index (χ3n) is 6.57. The molecule has 4 heterocycles. The van der Waals surface area contributed by atoms with E-state index in [-0.39, 0.29) is 23.7 Å². The zero-order valence-electron chi connectivity index (χ0n) is 18.0. The quantitative estimate of drug-likeness (QED) is 0.595. The standard InChI is InChI=1S/C24H22N3O6/c1-30-20-4-2-14-8-19-17-10-22-21(31-13-32-22)9-15(17)6-7-26(19)12-18(14)24(20)33-23-5-3-16(11-25-23)27(28)29/h2-5,9-11,19,28H,6-8,12-13H2,1H3/q-1. The summed E-state index contributed by atoms with van der Waals surface area (Å²) in [5.41, 5.74) is 4.89. The van der Waals surface area contributed by atoms with Gasteiger partial charge in [0, 0.05) is 30.8 Å². The second-order valence-electron chi connectivity index (χ2n) is 8.31. The molecule has 0 spiro atoms. The smallest absolute Gasteiger partial charge is 0.231 e. The maximum atomic E-state index is 11.0. The zero-order chi connectivity index (χ0) is 22.5. The van der Waals surface area contributed by atoms with E-state index in [1.807, 2.05) is 6.07 Å². The summed E-state index contributed by atoms with van der Waals surface area (Å²) in [6.07, 6.45) is 3.03. The van der Waals surface area contributed by atoms with Crippen LogP contribution in [0.15, 0.2) is 42.6 Å². The van der Waals surface area contributed by atoms with Crippen molar-refractivity contribution in [1.82, 2.24) is 9.88 Å². The Labute approximate surface area is 190 Å². The number of hydrogen-bond acceptors (Lipinski definition) is 9. The van der Waals surface area contributed by atoms with Gasteiger partial charge in [-0.05, 0) is 53.8 Å². The second kappa shape index (κ2) is 7.80. The molecule has 0 amide bonds. The van der Waals surface area contributed by atoms with Gasteiger partial charge in [0.25, 0.3) is 0 Å². The van der Waals surface area contributed by atoms with E-state index in [9.17, 15) is 5.21 Å². The number of anilines is 1. The van der Waals surface area contributed by atoms with Crippen molar-refractivity contribution >= 4 is 5.69 Å². The largest absolute Gasteiger partial charge is 0.733 e. The first-order valence-electron chi connectivity index (χ1n) is 10.8. The molecule has 0 aliphatic carbocycles. The lowest BCUT2D eigenvalue weighted by molar-refractivity contribution is 0.158. The fourth-order valence-corrected chi connectivity index (χ4v) is 4.92. The van der Waals surface area contributed by atoms with Crippen LogP contribution in [0.3, 0.4) is 0 Å². The van der Waals surface area contributed by atoms with Crippen LogP contribution in [0, 0.1) is 5.21 Å². The minimum absolute atomic E-state index is 0.0279. The fraction of sp³-hybridized carbons (Fsp3) is 0.292. The molecule has 0 bridgehead atoms. The van der Waals surface area contributed by atoms with Gasteiger partial charge >= 0.3 is 0 Å². The molecular formula is C24H22N3O6-. The molecule has 33 heavy (non-hydrogen) atoms. The molecule has 3 aromatic rings. The van der Waals surface area contributed by atoms with Crippen molar-refractivity contribution in [2.24, 2.45) is 0 Å². The second-order valence-corrected chi connectivity index (χ2v) is 8.31. The number of rotatable bonds is 4. The molecule has 170 valence electrons. The highest BCUT2D eigenvalue weighted by atomic mass is 16.8. The van der Waals surface area contributed by atoms with E-state index in [1.54, 1.807) is 13.2 Å². The van der Waals surface area contributed by atoms with Gasteiger partial charge in [-0.3, -0.25) is 10.1 Å². The van der Waals surface area contributed by atoms with Crippen LogP contribution in [0.1, 0.15) is 28.3 Å². The van der Waals surface area contributed by atoms with E-state index < -0.39 is 0 Å². The Hall–Kier alpha value is -3.53. The van der Waals surface area contributed by atoms with Gasteiger partial charge in [0.1, 0.15) is 0 Å². The third kappa shape index (κ3) is 3.41. The van der Waals surface area contributed by atoms with E-state index in [0.717, 1.165) is 36.4 Å². The van der Waals surface area contributed by atoms with Crippen LogP contribution in [0.2, 0.25) is 0 Å². The predicted octanol–water partition coefficient (Wildman–Crippen LogP) is 3.96. The number of pyridine rings is 1. The van der Waals surface area contributed by atoms with E-state index in [2.05, 4.69) is 28.1 Å². The number of aromatic nitrogens is 1.